The van der Waals surface area contributed by atoms with Gasteiger partial charge in [0.05, 0.1) is 0 Å². The van der Waals surface area contributed by atoms with Gasteiger partial charge in [0, 0.05) is 24.2 Å². The molecule has 0 aromatic rings. The molecule has 0 heterocycles. The molecule has 2 nitrogen and oxygen atoms in total. The molecule has 9 heavy (non-hydrogen) atoms. The van der Waals surface area contributed by atoms with Crippen molar-refractivity contribution in [2.75, 3.05) is 18.9 Å². The Morgan fingerprint density at radius 2 is 2.33 bits per heavy atom. The fourth-order valence-electron chi connectivity index (χ4n) is 0.534. The van der Waals surface area contributed by atoms with Crippen LogP contribution < -0.4 is 5.73 Å². The van der Waals surface area contributed by atoms with Crippen LogP contribution in [0.4, 0.5) is 0 Å². The SMILES string of the molecule is CC(CCO)SCCN. The monoisotopic (exact) mass is 149 g/mol. The van der Waals surface area contributed by atoms with Crippen LogP contribution in [0.25, 0.3) is 0 Å². The number of hydrogen-bond acceptors (Lipinski definition) is 3. The molecule has 3 heteroatoms. The topological polar surface area (TPSA) is 46.2 Å². The van der Waals surface area contributed by atoms with E-state index in [9.17, 15) is 0 Å². The van der Waals surface area contributed by atoms with Gasteiger partial charge in [-0.3, -0.25) is 0 Å². The molecule has 0 aromatic carbocycles. The maximum Gasteiger partial charge on any atom is 0.0441 e. The second kappa shape index (κ2) is 6.39. The molecule has 56 valence electrons. The quantitative estimate of drug-likeness (QED) is 0.596. The Balaban J connectivity index is 2.95. The highest BCUT2D eigenvalue weighted by Crippen LogP contribution is 2.11. The van der Waals surface area contributed by atoms with Crippen molar-refractivity contribution in [3.8, 4) is 0 Å². The van der Waals surface area contributed by atoms with Gasteiger partial charge in [0.2, 0.25) is 0 Å². The van der Waals surface area contributed by atoms with Crippen LogP contribution in [0, 0.1) is 0 Å². The van der Waals surface area contributed by atoms with Crippen LogP contribution in [0.2, 0.25) is 0 Å². The molecule has 0 bridgehead atoms. The number of nitrogens with two attached hydrogens (primary N) is 1. The molecule has 0 aliphatic heterocycles. The lowest BCUT2D eigenvalue weighted by molar-refractivity contribution is 0.289. The van der Waals surface area contributed by atoms with Gasteiger partial charge in [-0.2, -0.15) is 11.8 Å². The smallest absolute Gasteiger partial charge is 0.0441 e. The van der Waals surface area contributed by atoms with Crippen molar-refractivity contribution in [1.29, 1.82) is 0 Å². The van der Waals surface area contributed by atoms with E-state index < -0.39 is 0 Å². The van der Waals surface area contributed by atoms with E-state index in [0.717, 1.165) is 18.7 Å². The molecule has 0 spiro atoms. The van der Waals surface area contributed by atoms with Gasteiger partial charge in [-0.05, 0) is 6.42 Å². The summed E-state index contributed by atoms with van der Waals surface area (Å²) in [5, 5.41) is 9.05. The minimum atomic E-state index is 0.290. The van der Waals surface area contributed by atoms with Crippen molar-refractivity contribution < 1.29 is 5.11 Å². The zero-order valence-electron chi connectivity index (χ0n) is 5.84. The zero-order valence-corrected chi connectivity index (χ0v) is 6.66. The highest BCUT2D eigenvalue weighted by molar-refractivity contribution is 7.99. The number of hydrogen-bond donors (Lipinski definition) is 2. The van der Waals surface area contributed by atoms with E-state index in [0.29, 0.717) is 11.9 Å². The summed E-state index contributed by atoms with van der Waals surface area (Å²) in [7, 11) is 0. The van der Waals surface area contributed by atoms with Crippen molar-refractivity contribution in [3.05, 3.63) is 0 Å². The van der Waals surface area contributed by atoms with Crippen molar-refractivity contribution in [1.82, 2.24) is 0 Å². The van der Waals surface area contributed by atoms with Gasteiger partial charge in [-0.1, -0.05) is 6.92 Å². The molecule has 0 saturated heterocycles. The Morgan fingerprint density at radius 3 is 2.78 bits per heavy atom. The first-order valence-corrected chi connectivity index (χ1v) is 4.28. The predicted octanol–water partition coefficient (Wildman–Crippen LogP) is 0.449. The number of thioether (sulfide) groups is 1. The Kier molecular flexibility index (Phi) is 6.58. The molecule has 0 radical (unpaired) electrons. The molecule has 0 aliphatic carbocycles. The highest BCUT2D eigenvalue weighted by atomic mass is 32.2. The van der Waals surface area contributed by atoms with Gasteiger partial charge in [-0.15, -0.1) is 0 Å². The van der Waals surface area contributed by atoms with Crippen LogP contribution in [0.1, 0.15) is 13.3 Å². The lowest BCUT2D eigenvalue weighted by Gasteiger charge is -2.06. The average molecular weight is 149 g/mol. The Bertz CT molecular complexity index is 61.0. The molecular formula is C6H15NOS. The normalized spacial score (nSPS) is 13.7. The molecule has 0 aliphatic rings. The summed E-state index contributed by atoms with van der Waals surface area (Å²) >= 11 is 1.82. The maximum absolute atomic E-state index is 8.49. The van der Waals surface area contributed by atoms with E-state index in [-0.39, 0.29) is 0 Å². The number of aliphatic hydroxyl groups is 1. The lowest BCUT2D eigenvalue weighted by Crippen LogP contribution is -2.07. The van der Waals surface area contributed by atoms with Gasteiger partial charge in [0.1, 0.15) is 0 Å². The minimum absolute atomic E-state index is 0.290. The minimum Gasteiger partial charge on any atom is -0.396 e. The molecule has 1 unspecified atom stereocenters. The molecule has 0 amide bonds. The van der Waals surface area contributed by atoms with Crippen LogP contribution in [0.5, 0.6) is 0 Å². The Hall–Kier alpha value is 0.270. The first kappa shape index (κ1) is 9.27. The highest BCUT2D eigenvalue weighted by Gasteiger charge is 1.98. The molecule has 0 rings (SSSR count). The van der Waals surface area contributed by atoms with Gasteiger partial charge < -0.3 is 10.8 Å². The van der Waals surface area contributed by atoms with Crippen molar-refractivity contribution in [2.24, 2.45) is 5.73 Å². The van der Waals surface area contributed by atoms with Gasteiger partial charge in [0.25, 0.3) is 0 Å². The molecule has 0 aromatic heterocycles. The number of rotatable bonds is 5. The summed E-state index contributed by atoms with van der Waals surface area (Å²) in [6.45, 7) is 3.13. The number of aliphatic hydroxyl groups excluding tert-OH is 1. The van der Waals surface area contributed by atoms with Crippen LogP contribution in [-0.4, -0.2) is 29.3 Å². The van der Waals surface area contributed by atoms with Crippen molar-refractivity contribution in [2.45, 2.75) is 18.6 Å². The molecule has 1 atom stereocenters. The third kappa shape index (κ3) is 6.15. The second-order valence-electron chi connectivity index (χ2n) is 1.98. The zero-order chi connectivity index (χ0) is 7.11. The Labute approximate surface area is 60.8 Å². The average Bonchev–Trinajstić information content (AvgIpc) is 1.85. The van der Waals surface area contributed by atoms with Gasteiger partial charge in [0.15, 0.2) is 0 Å². The van der Waals surface area contributed by atoms with Crippen molar-refractivity contribution >= 4 is 11.8 Å². The van der Waals surface area contributed by atoms with Crippen LogP contribution in [-0.2, 0) is 0 Å². The van der Waals surface area contributed by atoms with E-state index in [1.807, 2.05) is 11.8 Å². The fourth-order valence-corrected chi connectivity index (χ4v) is 1.34. The maximum atomic E-state index is 8.49. The summed E-state index contributed by atoms with van der Waals surface area (Å²) in [6.07, 6.45) is 0.880. The summed E-state index contributed by atoms with van der Waals surface area (Å²) in [5.41, 5.74) is 5.29. The molecule has 0 saturated carbocycles. The molecule has 3 N–H and O–H groups in total. The first-order valence-electron chi connectivity index (χ1n) is 3.23. The lowest BCUT2D eigenvalue weighted by atomic mass is 10.3. The van der Waals surface area contributed by atoms with Gasteiger partial charge in [-0.25, -0.2) is 0 Å². The second-order valence-corrected chi connectivity index (χ2v) is 3.53. The molecule has 0 fully saturated rings. The van der Waals surface area contributed by atoms with Crippen LogP contribution in [0.15, 0.2) is 0 Å². The Morgan fingerprint density at radius 1 is 1.67 bits per heavy atom. The third-order valence-corrected chi connectivity index (χ3v) is 2.33. The first-order chi connectivity index (χ1) is 4.31. The summed E-state index contributed by atoms with van der Waals surface area (Å²) in [6, 6.07) is 0. The van der Waals surface area contributed by atoms with E-state index in [1.54, 1.807) is 0 Å². The predicted molar refractivity (Wildman–Crippen MR) is 42.7 cm³/mol. The summed E-state index contributed by atoms with van der Waals surface area (Å²) in [5.74, 6) is 1.00. The van der Waals surface area contributed by atoms with E-state index >= 15 is 0 Å². The van der Waals surface area contributed by atoms with Crippen LogP contribution in [0.3, 0.4) is 0 Å². The van der Waals surface area contributed by atoms with E-state index in [4.69, 9.17) is 10.8 Å². The van der Waals surface area contributed by atoms with Crippen molar-refractivity contribution in [3.63, 3.8) is 0 Å². The molecular weight excluding hydrogens is 134 g/mol. The standard InChI is InChI=1S/C6H15NOS/c1-6(2-4-8)9-5-3-7/h6,8H,2-5,7H2,1H3. The fraction of sp³-hybridized carbons (Fsp3) is 1.00. The summed E-state index contributed by atoms with van der Waals surface area (Å²) in [4.78, 5) is 0. The van der Waals surface area contributed by atoms with Crippen LogP contribution >= 0.6 is 11.8 Å². The third-order valence-electron chi connectivity index (χ3n) is 1.06. The van der Waals surface area contributed by atoms with E-state index in [1.165, 1.54) is 0 Å². The largest absolute Gasteiger partial charge is 0.396 e. The summed E-state index contributed by atoms with van der Waals surface area (Å²) < 4.78 is 0. The van der Waals surface area contributed by atoms with E-state index in [2.05, 4.69) is 6.92 Å². The van der Waals surface area contributed by atoms with Gasteiger partial charge >= 0.3 is 0 Å².